The van der Waals surface area contributed by atoms with Crippen LogP contribution in [0.25, 0.3) is 0 Å². The molecule has 5 heteroatoms. The number of nitrogens with zero attached hydrogens (tertiary/aromatic N) is 1. The summed E-state index contributed by atoms with van der Waals surface area (Å²) in [5.41, 5.74) is 1.04. The molecule has 0 radical (unpaired) electrons. The molecule has 114 valence electrons. The first-order valence-electron chi connectivity index (χ1n) is 7.19. The Bertz CT molecular complexity index is 512. The molecule has 0 spiro atoms. The van der Waals surface area contributed by atoms with Gasteiger partial charge in [-0.05, 0) is 37.0 Å². The number of hydrogen-bond acceptors (Lipinski definition) is 3. The first-order chi connectivity index (χ1) is 10.0. The summed E-state index contributed by atoms with van der Waals surface area (Å²) in [6, 6.07) is 6.93. The van der Waals surface area contributed by atoms with Gasteiger partial charge in [-0.2, -0.15) is 0 Å². The number of likely N-dealkylation sites (tertiary alicyclic amines) is 1. The van der Waals surface area contributed by atoms with E-state index in [0.717, 1.165) is 17.7 Å². The number of carbonyl (C=O) groups excluding carboxylic acids is 1. The van der Waals surface area contributed by atoms with Crippen molar-refractivity contribution in [3.05, 3.63) is 29.8 Å². The van der Waals surface area contributed by atoms with E-state index in [1.54, 1.807) is 7.11 Å². The van der Waals surface area contributed by atoms with Gasteiger partial charge in [0.05, 0.1) is 7.11 Å². The normalized spacial score (nSPS) is 19.3. The lowest BCUT2D eigenvalue weighted by atomic mass is 9.99. The third-order valence-electron chi connectivity index (χ3n) is 3.94. The van der Waals surface area contributed by atoms with Crippen LogP contribution in [0.4, 0.5) is 0 Å². The monoisotopic (exact) mass is 291 g/mol. The van der Waals surface area contributed by atoms with Crippen LogP contribution in [0, 0.1) is 5.92 Å². The third kappa shape index (κ3) is 3.54. The largest absolute Gasteiger partial charge is 0.497 e. The predicted molar refractivity (Wildman–Crippen MR) is 78.2 cm³/mol. The van der Waals surface area contributed by atoms with E-state index in [4.69, 9.17) is 9.84 Å². The van der Waals surface area contributed by atoms with E-state index in [2.05, 4.69) is 0 Å². The molecule has 2 atom stereocenters. The number of aliphatic carboxylic acids is 1. The fourth-order valence-electron chi connectivity index (χ4n) is 2.77. The molecule has 0 aliphatic carbocycles. The Morgan fingerprint density at radius 3 is 2.62 bits per heavy atom. The summed E-state index contributed by atoms with van der Waals surface area (Å²) in [4.78, 5) is 25.1. The summed E-state index contributed by atoms with van der Waals surface area (Å²) in [5.74, 6) is -0.422. The Hall–Kier alpha value is -2.04. The Morgan fingerprint density at radius 2 is 2.05 bits per heavy atom. The molecular formula is C16H21NO4. The SMILES string of the molecule is COc1ccc(CC(C)C(=O)N2CCC[C@@H]2C(=O)O)cc1. The molecule has 1 saturated heterocycles. The van der Waals surface area contributed by atoms with Crippen molar-refractivity contribution in [3.63, 3.8) is 0 Å². The molecule has 1 amide bonds. The van der Waals surface area contributed by atoms with E-state index in [0.29, 0.717) is 19.4 Å². The maximum atomic E-state index is 12.4. The molecule has 1 fully saturated rings. The van der Waals surface area contributed by atoms with Gasteiger partial charge in [-0.25, -0.2) is 4.79 Å². The summed E-state index contributed by atoms with van der Waals surface area (Å²) in [6.07, 6.45) is 1.92. The highest BCUT2D eigenvalue weighted by atomic mass is 16.5. The van der Waals surface area contributed by atoms with Gasteiger partial charge in [-0.3, -0.25) is 4.79 Å². The molecule has 1 unspecified atom stereocenters. The van der Waals surface area contributed by atoms with E-state index in [1.807, 2.05) is 31.2 Å². The maximum Gasteiger partial charge on any atom is 0.326 e. The number of rotatable bonds is 5. The van der Waals surface area contributed by atoms with Gasteiger partial charge in [0.25, 0.3) is 0 Å². The maximum absolute atomic E-state index is 12.4. The number of ether oxygens (including phenoxy) is 1. The quantitative estimate of drug-likeness (QED) is 0.900. The number of carboxylic acids is 1. The second-order valence-corrected chi connectivity index (χ2v) is 5.48. The topological polar surface area (TPSA) is 66.8 Å². The van der Waals surface area contributed by atoms with E-state index in [-0.39, 0.29) is 11.8 Å². The van der Waals surface area contributed by atoms with Crippen LogP contribution >= 0.6 is 0 Å². The Kier molecular flexibility index (Phi) is 4.83. The van der Waals surface area contributed by atoms with Crippen LogP contribution in [-0.2, 0) is 16.0 Å². The van der Waals surface area contributed by atoms with Gasteiger partial charge in [0.1, 0.15) is 11.8 Å². The van der Waals surface area contributed by atoms with Crippen molar-refractivity contribution >= 4 is 11.9 Å². The lowest BCUT2D eigenvalue weighted by Crippen LogP contribution is -2.43. The second kappa shape index (κ2) is 6.61. The molecule has 1 aromatic carbocycles. The fourth-order valence-corrected chi connectivity index (χ4v) is 2.77. The van der Waals surface area contributed by atoms with Crippen molar-refractivity contribution in [2.24, 2.45) is 5.92 Å². The summed E-state index contributed by atoms with van der Waals surface area (Å²) in [7, 11) is 1.61. The highest BCUT2D eigenvalue weighted by molar-refractivity contribution is 5.85. The van der Waals surface area contributed by atoms with E-state index in [1.165, 1.54) is 4.90 Å². The van der Waals surface area contributed by atoms with Crippen LogP contribution in [0.5, 0.6) is 5.75 Å². The van der Waals surface area contributed by atoms with Crippen LogP contribution < -0.4 is 4.74 Å². The number of methoxy groups -OCH3 is 1. The predicted octanol–water partition coefficient (Wildman–Crippen LogP) is 1.95. The minimum absolute atomic E-state index is 0.0734. The zero-order valence-corrected chi connectivity index (χ0v) is 12.4. The van der Waals surface area contributed by atoms with E-state index < -0.39 is 12.0 Å². The van der Waals surface area contributed by atoms with E-state index >= 15 is 0 Å². The summed E-state index contributed by atoms with van der Waals surface area (Å²) < 4.78 is 5.10. The third-order valence-corrected chi connectivity index (χ3v) is 3.94. The molecule has 1 aliphatic heterocycles. The molecule has 0 aromatic heterocycles. The molecule has 1 aromatic rings. The average molecular weight is 291 g/mol. The lowest BCUT2D eigenvalue weighted by Gasteiger charge is -2.25. The van der Waals surface area contributed by atoms with Crippen molar-refractivity contribution in [1.29, 1.82) is 0 Å². The molecule has 0 bridgehead atoms. The summed E-state index contributed by atoms with van der Waals surface area (Å²) in [6.45, 7) is 2.40. The number of hydrogen-bond donors (Lipinski definition) is 1. The first kappa shape index (κ1) is 15.4. The van der Waals surface area contributed by atoms with Gasteiger partial charge in [-0.15, -0.1) is 0 Å². The zero-order valence-electron chi connectivity index (χ0n) is 12.4. The highest BCUT2D eigenvalue weighted by Gasteiger charge is 2.35. The number of carboxylic acid groups (broad SMARTS) is 1. The number of benzene rings is 1. The van der Waals surface area contributed by atoms with Crippen molar-refractivity contribution in [2.75, 3.05) is 13.7 Å². The van der Waals surface area contributed by atoms with Crippen molar-refractivity contribution < 1.29 is 19.4 Å². The van der Waals surface area contributed by atoms with Crippen molar-refractivity contribution in [2.45, 2.75) is 32.2 Å². The molecular weight excluding hydrogens is 270 g/mol. The molecule has 5 nitrogen and oxygen atoms in total. The number of amides is 1. The highest BCUT2D eigenvalue weighted by Crippen LogP contribution is 2.22. The summed E-state index contributed by atoms with van der Waals surface area (Å²) >= 11 is 0. The molecule has 2 rings (SSSR count). The average Bonchev–Trinajstić information content (AvgIpc) is 2.96. The minimum Gasteiger partial charge on any atom is -0.497 e. The van der Waals surface area contributed by atoms with Gasteiger partial charge in [-0.1, -0.05) is 19.1 Å². The molecule has 0 saturated carbocycles. The zero-order chi connectivity index (χ0) is 15.4. The standard InChI is InChI=1S/C16H21NO4/c1-11(10-12-5-7-13(21-2)8-6-12)15(18)17-9-3-4-14(17)16(19)20/h5-8,11,14H,3-4,9-10H2,1-2H3,(H,19,20)/t11?,14-/m1/s1. The van der Waals surface area contributed by atoms with Gasteiger partial charge in [0, 0.05) is 12.5 Å². The Morgan fingerprint density at radius 1 is 1.38 bits per heavy atom. The van der Waals surface area contributed by atoms with Gasteiger partial charge < -0.3 is 14.7 Å². The first-order valence-corrected chi connectivity index (χ1v) is 7.19. The molecule has 1 N–H and O–H groups in total. The summed E-state index contributed by atoms with van der Waals surface area (Å²) in [5, 5.41) is 9.15. The molecule has 1 aliphatic rings. The second-order valence-electron chi connectivity index (χ2n) is 5.48. The van der Waals surface area contributed by atoms with Gasteiger partial charge >= 0.3 is 5.97 Å². The minimum atomic E-state index is -0.905. The Balaban J connectivity index is 2.00. The van der Waals surface area contributed by atoms with Crippen LogP contribution in [0.1, 0.15) is 25.3 Å². The smallest absolute Gasteiger partial charge is 0.326 e. The van der Waals surface area contributed by atoms with Crippen LogP contribution in [0.3, 0.4) is 0 Å². The van der Waals surface area contributed by atoms with Gasteiger partial charge in [0.15, 0.2) is 0 Å². The van der Waals surface area contributed by atoms with E-state index in [9.17, 15) is 9.59 Å². The Labute approximate surface area is 124 Å². The van der Waals surface area contributed by atoms with Crippen molar-refractivity contribution in [3.8, 4) is 5.75 Å². The molecule has 21 heavy (non-hydrogen) atoms. The molecule has 1 heterocycles. The van der Waals surface area contributed by atoms with Crippen molar-refractivity contribution in [1.82, 2.24) is 4.90 Å². The lowest BCUT2D eigenvalue weighted by molar-refractivity contribution is -0.149. The fraction of sp³-hybridized carbons (Fsp3) is 0.500. The van der Waals surface area contributed by atoms with Crippen LogP contribution in [-0.4, -0.2) is 41.6 Å². The van der Waals surface area contributed by atoms with Gasteiger partial charge in [0.2, 0.25) is 5.91 Å². The van der Waals surface area contributed by atoms with Crippen LogP contribution in [0.15, 0.2) is 24.3 Å². The number of carbonyl (C=O) groups is 2. The van der Waals surface area contributed by atoms with Crippen LogP contribution in [0.2, 0.25) is 0 Å².